The van der Waals surface area contributed by atoms with E-state index in [4.69, 9.17) is 0 Å². The second-order valence-corrected chi connectivity index (χ2v) is 14.8. The first-order valence-electron chi connectivity index (χ1n) is 18.6. The molecule has 0 unspecified atom stereocenters. The van der Waals surface area contributed by atoms with Crippen molar-refractivity contribution < 1.29 is 0 Å². The first-order valence-corrected chi connectivity index (χ1v) is 18.6. The van der Waals surface area contributed by atoms with Gasteiger partial charge in [0.15, 0.2) is 0 Å². The summed E-state index contributed by atoms with van der Waals surface area (Å²) in [5.41, 5.74) is 17.8. The average molecular weight is 675 g/mol. The van der Waals surface area contributed by atoms with Crippen LogP contribution in [0.25, 0.3) is 88.3 Å². The lowest BCUT2D eigenvalue weighted by atomic mass is 9.81. The Hall–Kier alpha value is -6.50. The van der Waals surface area contributed by atoms with E-state index in [1.165, 1.54) is 99.4 Å². The zero-order valence-corrected chi connectivity index (χ0v) is 30.0. The second-order valence-electron chi connectivity index (χ2n) is 14.8. The van der Waals surface area contributed by atoms with Gasteiger partial charge in [-0.25, -0.2) is 0 Å². The minimum Gasteiger partial charge on any atom is -0.0622 e. The summed E-state index contributed by atoms with van der Waals surface area (Å²) in [4.78, 5) is 0. The lowest BCUT2D eigenvalue weighted by Gasteiger charge is -2.22. The van der Waals surface area contributed by atoms with E-state index in [9.17, 15) is 0 Å². The van der Waals surface area contributed by atoms with Crippen LogP contribution in [0.1, 0.15) is 25.0 Å². The maximum Gasteiger partial charge on any atom is 0.0158 e. The third-order valence-electron chi connectivity index (χ3n) is 11.5. The zero-order valence-electron chi connectivity index (χ0n) is 30.0. The molecule has 0 heterocycles. The summed E-state index contributed by atoms with van der Waals surface area (Å²) in [5.74, 6) is 0. The van der Waals surface area contributed by atoms with Gasteiger partial charge < -0.3 is 0 Å². The third kappa shape index (κ3) is 5.06. The molecule has 53 heavy (non-hydrogen) atoms. The summed E-state index contributed by atoms with van der Waals surface area (Å²) in [6.07, 6.45) is 0. The van der Waals surface area contributed by atoms with E-state index in [2.05, 4.69) is 208 Å². The Morgan fingerprint density at radius 2 is 0.736 bits per heavy atom. The van der Waals surface area contributed by atoms with Crippen LogP contribution in [-0.2, 0) is 5.41 Å². The van der Waals surface area contributed by atoms with E-state index >= 15 is 0 Å². The van der Waals surface area contributed by atoms with Crippen LogP contribution in [0.15, 0.2) is 194 Å². The van der Waals surface area contributed by atoms with Gasteiger partial charge >= 0.3 is 0 Å². The van der Waals surface area contributed by atoms with Crippen LogP contribution in [0.2, 0.25) is 0 Å². The minimum atomic E-state index is -0.0397. The largest absolute Gasteiger partial charge is 0.0622 e. The topological polar surface area (TPSA) is 0 Å². The molecule has 0 aromatic heterocycles. The standard InChI is InChI=1S/C53H38/c1-53(2)49-24-14-13-20-42(49)47-34-40(30-32-50(47)53)51-44-22-11-12-23-45(44)52(46-31-29-39(33-48(46)51)36-17-7-4-8-18-36)43-21-10-9-19-41(43)38-27-25-37(26-28-38)35-15-5-3-6-16-35/h3-34H,1-2H3. The molecule has 0 spiro atoms. The van der Waals surface area contributed by atoms with Crippen LogP contribution in [0.3, 0.4) is 0 Å². The van der Waals surface area contributed by atoms with E-state index in [0.717, 1.165) is 0 Å². The lowest BCUT2D eigenvalue weighted by Crippen LogP contribution is -2.14. The van der Waals surface area contributed by atoms with Crippen molar-refractivity contribution >= 4 is 21.5 Å². The van der Waals surface area contributed by atoms with Crippen LogP contribution in [0, 0.1) is 0 Å². The highest BCUT2D eigenvalue weighted by Gasteiger charge is 2.35. The van der Waals surface area contributed by atoms with Crippen molar-refractivity contribution in [3.63, 3.8) is 0 Å². The molecule has 0 radical (unpaired) electrons. The van der Waals surface area contributed by atoms with Gasteiger partial charge in [-0.1, -0.05) is 196 Å². The first-order chi connectivity index (χ1) is 26.1. The highest BCUT2D eigenvalue weighted by molar-refractivity contribution is 6.23. The monoisotopic (exact) mass is 674 g/mol. The molecule has 0 bridgehead atoms. The Morgan fingerprint density at radius 1 is 0.264 bits per heavy atom. The molecule has 1 aliphatic rings. The van der Waals surface area contributed by atoms with Crippen LogP contribution < -0.4 is 0 Å². The smallest absolute Gasteiger partial charge is 0.0158 e. The zero-order chi connectivity index (χ0) is 35.5. The first kappa shape index (κ1) is 31.3. The molecule has 0 fully saturated rings. The number of fused-ring (bicyclic) bond motifs is 5. The number of benzene rings is 9. The summed E-state index contributed by atoms with van der Waals surface area (Å²) >= 11 is 0. The molecule has 0 nitrogen and oxygen atoms in total. The maximum absolute atomic E-state index is 2.46. The van der Waals surface area contributed by atoms with Gasteiger partial charge in [-0.3, -0.25) is 0 Å². The molecule has 0 aliphatic heterocycles. The molecule has 0 heteroatoms. The van der Waals surface area contributed by atoms with Crippen molar-refractivity contribution in [3.05, 3.63) is 205 Å². The normalized spacial score (nSPS) is 12.9. The van der Waals surface area contributed by atoms with Crippen LogP contribution in [0.5, 0.6) is 0 Å². The van der Waals surface area contributed by atoms with Crippen molar-refractivity contribution in [2.45, 2.75) is 19.3 Å². The molecule has 10 rings (SSSR count). The fourth-order valence-electron chi connectivity index (χ4n) is 8.89. The fraction of sp³-hybridized carbons (Fsp3) is 0.0566. The van der Waals surface area contributed by atoms with Gasteiger partial charge in [-0.15, -0.1) is 0 Å². The Kier molecular flexibility index (Phi) is 7.27. The van der Waals surface area contributed by atoms with Crippen LogP contribution >= 0.6 is 0 Å². The summed E-state index contributed by atoms with van der Waals surface area (Å²) < 4.78 is 0. The minimum absolute atomic E-state index is 0.0397. The molecule has 0 atom stereocenters. The van der Waals surface area contributed by atoms with Gasteiger partial charge in [-0.2, -0.15) is 0 Å². The van der Waals surface area contributed by atoms with Crippen molar-refractivity contribution in [3.8, 4) is 66.8 Å². The van der Waals surface area contributed by atoms with Gasteiger partial charge in [-0.05, 0) is 112 Å². The van der Waals surface area contributed by atoms with Gasteiger partial charge in [0.25, 0.3) is 0 Å². The van der Waals surface area contributed by atoms with E-state index in [1.807, 2.05) is 0 Å². The molecule has 9 aromatic carbocycles. The predicted molar refractivity (Wildman–Crippen MR) is 226 cm³/mol. The predicted octanol–water partition coefficient (Wildman–Crippen LogP) is 14.6. The van der Waals surface area contributed by atoms with Crippen molar-refractivity contribution in [2.24, 2.45) is 0 Å². The average Bonchev–Trinajstić information content (AvgIpc) is 3.45. The number of hydrogen-bond acceptors (Lipinski definition) is 0. The quantitative estimate of drug-likeness (QED) is 0.159. The molecule has 0 saturated carbocycles. The molecule has 0 amide bonds. The molecule has 9 aromatic rings. The second kappa shape index (κ2) is 12.3. The van der Waals surface area contributed by atoms with Crippen molar-refractivity contribution in [1.29, 1.82) is 0 Å². The van der Waals surface area contributed by atoms with Crippen LogP contribution in [0.4, 0.5) is 0 Å². The van der Waals surface area contributed by atoms with Gasteiger partial charge in [0, 0.05) is 5.41 Å². The van der Waals surface area contributed by atoms with Crippen LogP contribution in [-0.4, -0.2) is 0 Å². The fourth-order valence-corrected chi connectivity index (χ4v) is 8.89. The Balaban J connectivity index is 1.25. The number of hydrogen-bond donors (Lipinski definition) is 0. The maximum atomic E-state index is 2.46. The molecule has 250 valence electrons. The third-order valence-corrected chi connectivity index (χ3v) is 11.5. The highest BCUT2D eigenvalue weighted by Crippen LogP contribution is 2.52. The summed E-state index contributed by atoms with van der Waals surface area (Å²) in [6, 6.07) is 71.7. The van der Waals surface area contributed by atoms with Gasteiger partial charge in [0.05, 0.1) is 0 Å². The summed E-state index contributed by atoms with van der Waals surface area (Å²) in [6.45, 7) is 4.71. The van der Waals surface area contributed by atoms with Crippen molar-refractivity contribution in [2.75, 3.05) is 0 Å². The van der Waals surface area contributed by atoms with Gasteiger partial charge in [0.2, 0.25) is 0 Å². The lowest BCUT2D eigenvalue weighted by molar-refractivity contribution is 0.660. The number of rotatable bonds is 5. The summed E-state index contributed by atoms with van der Waals surface area (Å²) in [5, 5.41) is 5.05. The molecule has 1 aliphatic carbocycles. The molecule has 0 saturated heterocycles. The van der Waals surface area contributed by atoms with Crippen molar-refractivity contribution in [1.82, 2.24) is 0 Å². The molecular formula is C53H38. The molecule has 0 N–H and O–H groups in total. The van der Waals surface area contributed by atoms with E-state index in [-0.39, 0.29) is 5.41 Å². The van der Waals surface area contributed by atoms with Gasteiger partial charge in [0.1, 0.15) is 0 Å². The van der Waals surface area contributed by atoms with E-state index < -0.39 is 0 Å². The Bertz CT molecular complexity index is 2820. The Labute approximate surface area is 311 Å². The van der Waals surface area contributed by atoms with E-state index in [0.29, 0.717) is 0 Å². The highest BCUT2D eigenvalue weighted by atomic mass is 14.4. The molecular weight excluding hydrogens is 637 g/mol. The van der Waals surface area contributed by atoms with E-state index in [1.54, 1.807) is 0 Å². The Morgan fingerprint density at radius 3 is 1.45 bits per heavy atom. The summed E-state index contributed by atoms with van der Waals surface area (Å²) in [7, 11) is 0. The SMILES string of the molecule is CC1(C)c2ccccc2-c2cc(-c3c4ccccc4c(-c4ccccc4-c4ccc(-c5ccccc5)cc4)c4ccc(-c5ccccc5)cc34)ccc21.